The lowest BCUT2D eigenvalue weighted by atomic mass is 9.96. The molecule has 0 amide bonds. The van der Waals surface area contributed by atoms with E-state index >= 15 is 0 Å². The Morgan fingerprint density at radius 3 is 2.70 bits per heavy atom. The van der Waals surface area contributed by atoms with Crippen molar-refractivity contribution in [2.24, 2.45) is 0 Å². The molecule has 27 heavy (non-hydrogen) atoms. The van der Waals surface area contributed by atoms with Crippen molar-refractivity contribution in [1.29, 1.82) is 0 Å². The van der Waals surface area contributed by atoms with Crippen molar-refractivity contribution in [1.82, 2.24) is 14.6 Å². The number of ether oxygens (including phenoxy) is 2. The summed E-state index contributed by atoms with van der Waals surface area (Å²) < 4.78 is 14.0. The van der Waals surface area contributed by atoms with Crippen molar-refractivity contribution in [3.8, 4) is 11.5 Å². The second kappa shape index (κ2) is 7.87. The molecule has 0 saturated heterocycles. The van der Waals surface area contributed by atoms with Crippen LogP contribution >= 0.6 is 11.6 Å². The Balaban J connectivity index is 1.72. The van der Waals surface area contributed by atoms with Crippen LogP contribution in [0.2, 0.25) is 5.02 Å². The van der Waals surface area contributed by atoms with Gasteiger partial charge in [0.05, 0.1) is 6.10 Å². The zero-order valence-electron chi connectivity index (χ0n) is 15.7. The normalized spacial score (nSPS) is 20.6. The van der Waals surface area contributed by atoms with E-state index in [4.69, 9.17) is 21.1 Å². The summed E-state index contributed by atoms with van der Waals surface area (Å²) in [5.74, 6) is 2.59. The summed E-state index contributed by atoms with van der Waals surface area (Å²) in [4.78, 5) is 0. The van der Waals surface area contributed by atoms with E-state index < -0.39 is 0 Å². The van der Waals surface area contributed by atoms with E-state index in [1.807, 2.05) is 47.9 Å². The topological polar surface area (TPSA) is 48.7 Å². The number of rotatable bonds is 4. The molecule has 4 rings (SSSR count). The summed E-state index contributed by atoms with van der Waals surface area (Å²) in [5.41, 5.74) is 1.62. The molecule has 0 bridgehead atoms. The molecule has 0 aliphatic heterocycles. The summed E-state index contributed by atoms with van der Waals surface area (Å²) >= 11 is 6.22. The Morgan fingerprint density at radius 2 is 1.85 bits per heavy atom. The standard InChI is InChI=1S/C21H24ClN3O2/c1-14-16(22)9-6-11-17(14)27-19-12-7-13-25-20(23-24-21(19)25)15-8-4-3-5-10-18(15)26-2/h6-7,9,11-13,15,18H,3-5,8,10H2,1-2H3. The molecule has 1 fully saturated rings. The average Bonchev–Trinajstić information content (AvgIpc) is 2.97. The molecule has 2 heterocycles. The van der Waals surface area contributed by atoms with Crippen LogP contribution in [0.5, 0.6) is 11.5 Å². The van der Waals surface area contributed by atoms with Crippen LogP contribution in [0.1, 0.15) is 49.4 Å². The minimum Gasteiger partial charge on any atom is -0.453 e. The summed E-state index contributed by atoms with van der Waals surface area (Å²) in [6.45, 7) is 1.95. The lowest BCUT2D eigenvalue weighted by molar-refractivity contribution is 0.0705. The number of halogens is 1. The largest absolute Gasteiger partial charge is 0.453 e. The van der Waals surface area contributed by atoms with Gasteiger partial charge in [0.15, 0.2) is 5.75 Å². The minimum absolute atomic E-state index is 0.180. The number of hydrogen-bond acceptors (Lipinski definition) is 4. The first-order valence-corrected chi connectivity index (χ1v) is 9.86. The van der Waals surface area contributed by atoms with Crippen LogP contribution in [0.4, 0.5) is 0 Å². The van der Waals surface area contributed by atoms with Gasteiger partial charge in [0, 0.05) is 29.8 Å². The fourth-order valence-corrected chi connectivity index (χ4v) is 4.08. The Hall–Kier alpha value is -2.11. The molecule has 0 spiro atoms. The lowest BCUT2D eigenvalue weighted by Gasteiger charge is -2.22. The highest BCUT2D eigenvalue weighted by Crippen LogP contribution is 2.35. The molecule has 2 unspecified atom stereocenters. The third-order valence-electron chi connectivity index (χ3n) is 5.45. The molecule has 6 heteroatoms. The predicted octanol–water partition coefficient (Wildman–Crippen LogP) is 5.55. The maximum absolute atomic E-state index is 6.22. The second-order valence-corrected chi connectivity index (χ2v) is 7.52. The smallest absolute Gasteiger partial charge is 0.203 e. The van der Waals surface area contributed by atoms with Gasteiger partial charge in [-0.05, 0) is 44.0 Å². The Morgan fingerprint density at radius 1 is 1.04 bits per heavy atom. The highest BCUT2D eigenvalue weighted by Gasteiger charge is 2.29. The fourth-order valence-electron chi connectivity index (χ4n) is 3.91. The highest BCUT2D eigenvalue weighted by atomic mass is 35.5. The predicted molar refractivity (Wildman–Crippen MR) is 106 cm³/mol. The van der Waals surface area contributed by atoms with Crippen LogP contribution < -0.4 is 4.74 Å². The van der Waals surface area contributed by atoms with E-state index in [1.165, 1.54) is 19.3 Å². The van der Waals surface area contributed by atoms with E-state index in [0.29, 0.717) is 16.4 Å². The van der Waals surface area contributed by atoms with Gasteiger partial charge in [0.1, 0.15) is 11.6 Å². The van der Waals surface area contributed by atoms with E-state index in [0.717, 1.165) is 30.0 Å². The van der Waals surface area contributed by atoms with Crippen LogP contribution in [0.15, 0.2) is 36.5 Å². The van der Waals surface area contributed by atoms with E-state index in [-0.39, 0.29) is 12.0 Å². The van der Waals surface area contributed by atoms with Crippen molar-refractivity contribution in [2.75, 3.05) is 7.11 Å². The van der Waals surface area contributed by atoms with Crippen LogP contribution in [0, 0.1) is 6.92 Å². The SMILES string of the molecule is COC1CCCCCC1c1nnc2c(Oc3cccc(Cl)c3C)cccn12. The maximum atomic E-state index is 6.22. The fraction of sp³-hybridized carbons (Fsp3) is 0.429. The molecule has 5 nitrogen and oxygen atoms in total. The number of benzene rings is 1. The maximum Gasteiger partial charge on any atom is 0.203 e. The average molecular weight is 386 g/mol. The van der Waals surface area contributed by atoms with Crippen molar-refractivity contribution in [3.05, 3.63) is 52.9 Å². The number of hydrogen-bond donors (Lipinski definition) is 0. The van der Waals surface area contributed by atoms with Gasteiger partial charge >= 0.3 is 0 Å². The molecule has 2 atom stereocenters. The molecule has 0 radical (unpaired) electrons. The number of nitrogens with zero attached hydrogens (tertiary/aromatic N) is 3. The van der Waals surface area contributed by atoms with Gasteiger partial charge in [-0.15, -0.1) is 10.2 Å². The lowest BCUT2D eigenvalue weighted by Crippen LogP contribution is -2.21. The number of fused-ring (bicyclic) bond motifs is 1. The van der Waals surface area contributed by atoms with Crippen LogP contribution in [-0.4, -0.2) is 27.8 Å². The van der Waals surface area contributed by atoms with Gasteiger partial charge in [-0.25, -0.2) is 0 Å². The van der Waals surface area contributed by atoms with Gasteiger partial charge in [0.25, 0.3) is 0 Å². The summed E-state index contributed by atoms with van der Waals surface area (Å²) in [6.07, 6.45) is 7.95. The van der Waals surface area contributed by atoms with Gasteiger partial charge < -0.3 is 9.47 Å². The minimum atomic E-state index is 0.180. The second-order valence-electron chi connectivity index (χ2n) is 7.11. The molecule has 142 valence electrons. The molecule has 0 N–H and O–H groups in total. The molecule has 1 aliphatic rings. The van der Waals surface area contributed by atoms with Crippen molar-refractivity contribution in [2.45, 2.75) is 51.0 Å². The van der Waals surface area contributed by atoms with Crippen LogP contribution in [0.3, 0.4) is 0 Å². The third kappa shape index (κ3) is 3.54. The van der Waals surface area contributed by atoms with Crippen molar-refractivity contribution < 1.29 is 9.47 Å². The first kappa shape index (κ1) is 18.3. The zero-order chi connectivity index (χ0) is 18.8. The Kier molecular flexibility index (Phi) is 5.32. The van der Waals surface area contributed by atoms with Gasteiger partial charge in [-0.3, -0.25) is 4.40 Å². The molecular weight excluding hydrogens is 362 g/mol. The zero-order valence-corrected chi connectivity index (χ0v) is 16.4. The molecule has 1 aliphatic carbocycles. The molecule has 1 saturated carbocycles. The summed E-state index contributed by atoms with van der Waals surface area (Å²) in [5, 5.41) is 9.65. The Bertz CT molecular complexity index is 940. The van der Waals surface area contributed by atoms with Gasteiger partial charge in [-0.1, -0.05) is 36.9 Å². The number of pyridine rings is 1. The highest BCUT2D eigenvalue weighted by molar-refractivity contribution is 6.31. The van der Waals surface area contributed by atoms with Crippen molar-refractivity contribution in [3.63, 3.8) is 0 Å². The summed E-state index contributed by atoms with van der Waals surface area (Å²) in [7, 11) is 1.79. The van der Waals surface area contributed by atoms with Crippen LogP contribution in [-0.2, 0) is 4.74 Å². The van der Waals surface area contributed by atoms with Crippen LogP contribution in [0.25, 0.3) is 5.65 Å². The van der Waals surface area contributed by atoms with Gasteiger partial charge in [0.2, 0.25) is 5.65 Å². The molecule has 3 aromatic rings. The first-order chi connectivity index (χ1) is 13.2. The molecule has 2 aromatic heterocycles. The van der Waals surface area contributed by atoms with Gasteiger partial charge in [-0.2, -0.15) is 0 Å². The van der Waals surface area contributed by atoms with E-state index in [2.05, 4.69) is 10.2 Å². The summed E-state index contributed by atoms with van der Waals surface area (Å²) in [6, 6.07) is 9.53. The Labute approximate surface area is 164 Å². The number of methoxy groups -OCH3 is 1. The molecular formula is C21H24ClN3O2. The monoisotopic (exact) mass is 385 g/mol. The molecule has 1 aromatic carbocycles. The van der Waals surface area contributed by atoms with E-state index in [9.17, 15) is 0 Å². The quantitative estimate of drug-likeness (QED) is 0.553. The number of aromatic nitrogens is 3. The van der Waals surface area contributed by atoms with E-state index in [1.54, 1.807) is 7.11 Å². The van der Waals surface area contributed by atoms with Crippen molar-refractivity contribution >= 4 is 17.2 Å². The third-order valence-corrected chi connectivity index (χ3v) is 5.86. The first-order valence-electron chi connectivity index (χ1n) is 9.48.